The largest absolute Gasteiger partial charge is 0.502 e. The predicted molar refractivity (Wildman–Crippen MR) is 114 cm³/mol. The van der Waals surface area contributed by atoms with Crippen molar-refractivity contribution in [2.75, 3.05) is 33.2 Å². The van der Waals surface area contributed by atoms with Crippen LogP contribution >= 0.6 is 0 Å². The van der Waals surface area contributed by atoms with Crippen LogP contribution in [-0.4, -0.2) is 56.4 Å². The molecule has 160 valence electrons. The Labute approximate surface area is 174 Å². The smallest absolute Gasteiger partial charge is 0.270 e. The van der Waals surface area contributed by atoms with Gasteiger partial charge in [0.15, 0.2) is 11.5 Å². The van der Waals surface area contributed by atoms with E-state index in [0.29, 0.717) is 22.6 Å². The number of phenolic OH excluding ortho intramolecular Hbond substituents is 1. The summed E-state index contributed by atoms with van der Waals surface area (Å²) in [6, 6.07) is 10.5. The zero-order valence-corrected chi connectivity index (χ0v) is 17.8. The highest BCUT2D eigenvalue weighted by Gasteiger charge is 2.20. The first-order chi connectivity index (χ1) is 14.1. The summed E-state index contributed by atoms with van der Waals surface area (Å²) in [7, 11) is 2.33. The molecule has 3 N–H and O–H groups in total. The van der Waals surface area contributed by atoms with Crippen LogP contribution in [0.25, 0.3) is 22.6 Å². The lowest BCUT2D eigenvalue weighted by Crippen LogP contribution is -2.08. The summed E-state index contributed by atoms with van der Waals surface area (Å²) in [5.74, 6) is -0.131. The van der Waals surface area contributed by atoms with E-state index in [1.807, 2.05) is 43.3 Å². The monoisotopic (exact) mass is 433 g/mol. The minimum atomic E-state index is -4.31. The molecular weight excluding hydrogens is 410 g/mol. The molecule has 0 unspecified atom stereocenters. The summed E-state index contributed by atoms with van der Waals surface area (Å²) >= 11 is 0. The number of anilines is 1. The molecule has 30 heavy (non-hydrogen) atoms. The van der Waals surface area contributed by atoms with Crippen molar-refractivity contribution >= 4 is 15.8 Å². The fraction of sp³-hybridized carbons (Fsp3) is 0.250. The minimum Gasteiger partial charge on any atom is -0.502 e. The molecule has 0 radical (unpaired) electrons. The third-order valence-corrected chi connectivity index (χ3v) is 5.16. The Bertz CT molecular complexity index is 1130. The lowest BCUT2D eigenvalue weighted by molar-refractivity contribution is 0.340. The van der Waals surface area contributed by atoms with Gasteiger partial charge >= 0.3 is 0 Å². The lowest BCUT2D eigenvalue weighted by atomic mass is 10.1. The Morgan fingerprint density at radius 2 is 1.60 bits per heavy atom. The molecule has 0 spiro atoms. The number of aromatic amines is 1. The van der Waals surface area contributed by atoms with Crippen molar-refractivity contribution < 1.29 is 27.6 Å². The molecule has 0 aliphatic heterocycles. The molecule has 0 aliphatic rings. The number of phenols is 1. The molecule has 3 rings (SSSR count). The van der Waals surface area contributed by atoms with Gasteiger partial charge in [0.05, 0.1) is 25.6 Å². The molecule has 0 aliphatic carbocycles. The number of methoxy groups -OCH3 is 2. The van der Waals surface area contributed by atoms with Gasteiger partial charge in [0.1, 0.15) is 11.6 Å². The second-order valence-electron chi connectivity index (χ2n) is 6.80. The van der Waals surface area contributed by atoms with Crippen LogP contribution in [0.4, 0.5) is 5.69 Å². The van der Waals surface area contributed by atoms with Gasteiger partial charge < -0.3 is 24.5 Å². The van der Waals surface area contributed by atoms with Crippen LogP contribution in [0.15, 0.2) is 36.4 Å². The Hall–Kier alpha value is -3.24. The third kappa shape index (κ3) is 4.50. The number of nitrogens with zero attached hydrogens (tertiary/aromatic N) is 2. The Morgan fingerprint density at radius 1 is 1.03 bits per heavy atom. The molecule has 3 aromatic rings. The van der Waals surface area contributed by atoms with Crippen molar-refractivity contribution in [3.05, 3.63) is 42.1 Å². The van der Waals surface area contributed by atoms with E-state index in [0.717, 1.165) is 5.69 Å². The Morgan fingerprint density at radius 3 is 2.07 bits per heavy atom. The molecule has 0 atom stereocenters. The van der Waals surface area contributed by atoms with Crippen LogP contribution in [0.3, 0.4) is 0 Å². The summed E-state index contributed by atoms with van der Waals surface area (Å²) in [6.45, 7) is 0. The van der Waals surface area contributed by atoms with E-state index >= 15 is 0 Å². The van der Waals surface area contributed by atoms with Crippen LogP contribution in [-0.2, 0) is 15.9 Å². The van der Waals surface area contributed by atoms with Gasteiger partial charge in [-0.15, -0.1) is 0 Å². The van der Waals surface area contributed by atoms with Gasteiger partial charge in [0.25, 0.3) is 10.1 Å². The molecular formula is C20H23N3O6S. The van der Waals surface area contributed by atoms with E-state index in [1.165, 1.54) is 14.2 Å². The third-order valence-electron chi connectivity index (χ3n) is 4.52. The van der Waals surface area contributed by atoms with E-state index in [9.17, 15) is 18.1 Å². The van der Waals surface area contributed by atoms with E-state index in [-0.39, 0.29) is 22.9 Å². The number of H-pyrrole nitrogens is 1. The SMILES string of the molecule is COc1cc(-c2nc(CS(=O)(=O)O)c(-c3ccc(N(C)C)cc3)[nH]2)cc(OC)c1O. The molecule has 1 aromatic heterocycles. The molecule has 9 nitrogen and oxygen atoms in total. The zero-order valence-electron chi connectivity index (χ0n) is 17.0. The van der Waals surface area contributed by atoms with E-state index in [2.05, 4.69) is 9.97 Å². The van der Waals surface area contributed by atoms with Crippen molar-refractivity contribution in [1.29, 1.82) is 0 Å². The Kier molecular flexibility index (Phi) is 5.90. The summed E-state index contributed by atoms with van der Waals surface area (Å²) < 4.78 is 42.8. The number of hydrogen-bond donors (Lipinski definition) is 3. The highest BCUT2D eigenvalue weighted by molar-refractivity contribution is 7.85. The van der Waals surface area contributed by atoms with Gasteiger partial charge in [-0.05, 0) is 24.3 Å². The maximum atomic E-state index is 11.5. The number of nitrogens with one attached hydrogen (secondary N) is 1. The molecule has 10 heteroatoms. The van der Waals surface area contributed by atoms with Gasteiger partial charge in [-0.3, -0.25) is 4.55 Å². The zero-order chi connectivity index (χ0) is 22.1. The van der Waals surface area contributed by atoms with Gasteiger partial charge in [-0.25, -0.2) is 4.98 Å². The number of rotatable bonds is 7. The first-order valence-corrected chi connectivity index (χ1v) is 10.5. The average Bonchev–Trinajstić information content (AvgIpc) is 3.10. The number of hydrogen-bond acceptors (Lipinski definition) is 7. The van der Waals surface area contributed by atoms with Crippen LogP contribution in [0, 0.1) is 0 Å². The van der Waals surface area contributed by atoms with Crippen LogP contribution in [0.5, 0.6) is 17.2 Å². The van der Waals surface area contributed by atoms with E-state index in [4.69, 9.17) is 9.47 Å². The normalized spacial score (nSPS) is 11.4. The average molecular weight is 433 g/mol. The molecule has 0 saturated heterocycles. The standard InChI is InChI=1S/C20H23N3O6S/c1-23(2)14-7-5-12(6-8-14)18-15(11-30(25,26)27)21-20(22-18)13-9-16(28-3)19(24)17(10-13)29-4/h5-10,24H,11H2,1-4H3,(H,21,22)(H,25,26,27). The second kappa shape index (κ2) is 8.25. The number of aromatic hydroxyl groups is 1. The second-order valence-corrected chi connectivity index (χ2v) is 8.26. The van der Waals surface area contributed by atoms with Gasteiger partial charge in [-0.1, -0.05) is 12.1 Å². The summed E-state index contributed by atoms with van der Waals surface area (Å²) in [5.41, 5.74) is 2.81. The van der Waals surface area contributed by atoms with E-state index < -0.39 is 15.9 Å². The number of imidazole rings is 1. The van der Waals surface area contributed by atoms with Crippen LogP contribution < -0.4 is 14.4 Å². The molecule has 0 fully saturated rings. The van der Waals surface area contributed by atoms with Crippen molar-refractivity contribution in [2.45, 2.75) is 5.75 Å². The first kappa shape index (κ1) is 21.5. The number of aromatic nitrogens is 2. The molecule has 2 aromatic carbocycles. The molecule has 1 heterocycles. The van der Waals surface area contributed by atoms with Gasteiger partial charge in [0.2, 0.25) is 5.75 Å². The topological polar surface area (TPSA) is 125 Å². The van der Waals surface area contributed by atoms with Crippen molar-refractivity contribution in [1.82, 2.24) is 9.97 Å². The summed E-state index contributed by atoms with van der Waals surface area (Å²) in [4.78, 5) is 9.44. The van der Waals surface area contributed by atoms with Gasteiger partial charge in [0, 0.05) is 30.9 Å². The van der Waals surface area contributed by atoms with E-state index in [1.54, 1.807) is 12.1 Å². The predicted octanol–water partition coefficient (Wildman–Crippen LogP) is 2.92. The van der Waals surface area contributed by atoms with Crippen molar-refractivity contribution in [2.24, 2.45) is 0 Å². The quantitative estimate of drug-likeness (QED) is 0.486. The number of benzene rings is 2. The molecule has 0 amide bonds. The van der Waals surface area contributed by atoms with Crippen molar-refractivity contribution in [3.8, 4) is 39.9 Å². The lowest BCUT2D eigenvalue weighted by Gasteiger charge is -2.12. The number of ether oxygens (including phenoxy) is 2. The maximum Gasteiger partial charge on any atom is 0.270 e. The first-order valence-electron chi connectivity index (χ1n) is 8.90. The highest BCUT2D eigenvalue weighted by atomic mass is 32.2. The fourth-order valence-corrected chi connectivity index (χ4v) is 3.57. The summed E-state index contributed by atoms with van der Waals surface area (Å²) in [6.07, 6.45) is 0. The molecule has 0 saturated carbocycles. The van der Waals surface area contributed by atoms with Crippen molar-refractivity contribution in [3.63, 3.8) is 0 Å². The van der Waals surface area contributed by atoms with Crippen LogP contribution in [0.1, 0.15) is 5.69 Å². The highest BCUT2D eigenvalue weighted by Crippen LogP contribution is 2.40. The maximum absolute atomic E-state index is 11.5. The minimum absolute atomic E-state index is 0.159. The fourth-order valence-electron chi connectivity index (χ4n) is 3.02. The Balaban J connectivity index is 2.15. The summed E-state index contributed by atoms with van der Waals surface area (Å²) in [5, 5.41) is 10.1. The van der Waals surface area contributed by atoms with Crippen LogP contribution in [0.2, 0.25) is 0 Å². The molecule has 0 bridgehead atoms. The van der Waals surface area contributed by atoms with Gasteiger partial charge in [-0.2, -0.15) is 8.42 Å².